The molecular weight excluding hydrogens is 816 g/mol. The van der Waals surface area contributed by atoms with Crippen molar-refractivity contribution in [2.75, 3.05) is 28.7 Å². The summed E-state index contributed by atoms with van der Waals surface area (Å²) in [6, 6.07) is 19.4. The number of benzene rings is 3. The predicted octanol–water partition coefficient (Wildman–Crippen LogP) is -2.50. The van der Waals surface area contributed by atoms with E-state index in [9.17, 15) is 70.2 Å². The van der Waals surface area contributed by atoms with E-state index < -0.39 is 90.7 Å². The van der Waals surface area contributed by atoms with Crippen LogP contribution in [-0.2, 0) is 47.3 Å². The van der Waals surface area contributed by atoms with Crippen LogP contribution < -0.4 is 15.5 Å². The molecule has 0 aliphatic carbocycles. The van der Waals surface area contributed by atoms with E-state index in [1.165, 1.54) is 65.3 Å². The number of aliphatic hydroxyl groups is 10. The van der Waals surface area contributed by atoms with Crippen molar-refractivity contribution in [3.8, 4) is 0 Å². The first-order chi connectivity index (χ1) is 29.5. The van der Waals surface area contributed by atoms with Crippen LogP contribution in [0.25, 0.3) is 0 Å². The van der Waals surface area contributed by atoms with E-state index in [2.05, 4.69) is 10.6 Å². The van der Waals surface area contributed by atoms with Crippen molar-refractivity contribution in [1.29, 1.82) is 0 Å². The average molecular weight is 867 g/mol. The van der Waals surface area contributed by atoms with Crippen LogP contribution in [-0.4, -0.2) is 154 Å². The number of hydrogen-bond acceptors (Lipinski definition) is 16. The van der Waals surface area contributed by atoms with Gasteiger partial charge in [0, 0.05) is 42.4 Å². The first-order valence-electron chi connectivity index (χ1n) is 19.7. The van der Waals surface area contributed by atoms with E-state index in [1.54, 1.807) is 6.07 Å². The van der Waals surface area contributed by atoms with Gasteiger partial charge in [0.15, 0.2) is 30.4 Å². The van der Waals surface area contributed by atoms with Crippen molar-refractivity contribution in [3.63, 3.8) is 0 Å². The maximum absolute atomic E-state index is 14.5. The second-order valence-corrected chi connectivity index (χ2v) is 15.4. The van der Waals surface area contributed by atoms with Crippen LogP contribution in [0.15, 0.2) is 84.9 Å². The molecule has 0 radical (unpaired) electrons. The topological polar surface area (TPSA) is 320 Å². The zero-order valence-corrected chi connectivity index (χ0v) is 33.3. The summed E-state index contributed by atoms with van der Waals surface area (Å²) >= 11 is 0. The van der Waals surface area contributed by atoms with Gasteiger partial charge in [-0.05, 0) is 41.5 Å². The highest BCUT2D eigenvalue weighted by Crippen LogP contribution is 2.47. The number of nitrogens with one attached hydrogen (secondary N) is 2. The summed E-state index contributed by atoms with van der Waals surface area (Å²) in [6.07, 6.45) is -16.1. The number of aliphatic hydroxyl groups excluding tert-OH is 9. The molecular formula is C42H50N4O16. The van der Waals surface area contributed by atoms with Crippen LogP contribution in [0.3, 0.4) is 0 Å². The summed E-state index contributed by atoms with van der Waals surface area (Å²) in [6.45, 7) is 1.37. The molecule has 12 N–H and O–H groups in total. The molecule has 0 unspecified atom stereocenters. The van der Waals surface area contributed by atoms with Crippen molar-refractivity contribution in [2.45, 2.75) is 93.4 Å². The van der Waals surface area contributed by atoms with Gasteiger partial charge in [-0.15, -0.1) is 0 Å². The fourth-order valence-electron chi connectivity index (χ4n) is 7.55. The summed E-state index contributed by atoms with van der Waals surface area (Å²) in [4.78, 5) is 56.8. The Bertz CT molecular complexity index is 2130. The molecule has 20 nitrogen and oxygen atoms in total. The number of anilines is 3. The van der Waals surface area contributed by atoms with Gasteiger partial charge in [-0.1, -0.05) is 61.5 Å². The molecule has 3 heterocycles. The number of ether oxygens (including phenoxy) is 2. The fourth-order valence-corrected chi connectivity index (χ4v) is 7.55. The Kier molecular flexibility index (Phi) is 14.5. The minimum absolute atomic E-state index is 0.000717. The summed E-state index contributed by atoms with van der Waals surface area (Å²) in [5, 5.41) is 107. The van der Waals surface area contributed by atoms with Crippen LogP contribution in [0.1, 0.15) is 30.0 Å². The molecule has 4 amide bonds. The van der Waals surface area contributed by atoms with E-state index in [-0.39, 0.29) is 61.2 Å². The molecule has 0 bridgehead atoms. The Morgan fingerprint density at radius 2 is 1.32 bits per heavy atom. The Hall–Kier alpha value is -5.20. The van der Waals surface area contributed by atoms with Gasteiger partial charge < -0.3 is 81.0 Å². The van der Waals surface area contributed by atoms with Gasteiger partial charge in [0.2, 0.25) is 5.91 Å². The molecule has 0 aromatic heterocycles. The van der Waals surface area contributed by atoms with Crippen LogP contribution in [0.5, 0.6) is 0 Å². The molecule has 2 saturated heterocycles. The maximum atomic E-state index is 14.5. The van der Waals surface area contributed by atoms with Gasteiger partial charge >= 0.3 is 0 Å². The quantitative estimate of drug-likeness (QED) is 0.0746. The lowest BCUT2D eigenvalue weighted by Crippen LogP contribution is -2.60. The number of fused-ring (bicyclic) bond motifs is 1. The Balaban J connectivity index is 1.25. The van der Waals surface area contributed by atoms with Gasteiger partial charge in [0.25, 0.3) is 17.7 Å². The van der Waals surface area contributed by atoms with Crippen molar-refractivity contribution < 1.29 is 79.7 Å². The molecule has 3 aliphatic heterocycles. The zero-order valence-electron chi connectivity index (χ0n) is 33.3. The second kappa shape index (κ2) is 19.5. The van der Waals surface area contributed by atoms with Gasteiger partial charge in [-0.3, -0.25) is 19.2 Å². The largest absolute Gasteiger partial charge is 0.395 e. The third-order valence-corrected chi connectivity index (χ3v) is 11.1. The van der Waals surface area contributed by atoms with Gasteiger partial charge in [-0.25, -0.2) is 0 Å². The number of carbonyl (C=O) groups is 4. The molecule has 0 saturated carbocycles. The Morgan fingerprint density at radius 3 is 1.90 bits per heavy atom. The number of amides is 4. The van der Waals surface area contributed by atoms with Crippen molar-refractivity contribution in [2.24, 2.45) is 5.92 Å². The van der Waals surface area contributed by atoms with Crippen LogP contribution >= 0.6 is 0 Å². The molecule has 62 heavy (non-hydrogen) atoms. The molecule has 3 aromatic rings. The lowest BCUT2D eigenvalue weighted by atomic mass is 9.82. The van der Waals surface area contributed by atoms with Crippen LogP contribution in [0, 0.1) is 5.92 Å². The lowest BCUT2D eigenvalue weighted by Gasteiger charge is -2.37. The van der Waals surface area contributed by atoms with E-state index in [0.29, 0.717) is 5.56 Å². The van der Waals surface area contributed by atoms with Crippen molar-refractivity contribution in [1.82, 2.24) is 4.90 Å². The molecule has 2 fully saturated rings. The normalized spacial score (nSPS) is 30.2. The summed E-state index contributed by atoms with van der Waals surface area (Å²) < 4.78 is 10.1. The maximum Gasteiger partial charge on any atom is 0.264 e. The lowest BCUT2D eigenvalue weighted by molar-refractivity contribution is -0.274. The Labute approximate surface area is 354 Å². The van der Waals surface area contributed by atoms with Crippen molar-refractivity contribution >= 4 is 40.7 Å². The number of rotatable bonds is 14. The molecule has 0 spiro atoms. The third-order valence-electron chi connectivity index (χ3n) is 11.1. The molecule has 3 aliphatic rings. The van der Waals surface area contributed by atoms with E-state index in [1.807, 2.05) is 30.3 Å². The van der Waals surface area contributed by atoms with Crippen LogP contribution in [0.2, 0.25) is 0 Å². The summed E-state index contributed by atoms with van der Waals surface area (Å²) in [5.41, 5.74) is -0.700. The average Bonchev–Trinajstić information content (AvgIpc) is 3.46. The van der Waals surface area contributed by atoms with Gasteiger partial charge in [-0.2, -0.15) is 0 Å². The minimum Gasteiger partial charge on any atom is -0.395 e. The number of nitrogens with zero attached hydrogens (tertiary/aromatic N) is 2. The van der Waals surface area contributed by atoms with E-state index >= 15 is 0 Å². The van der Waals surface area contributed by atoms with E-state index in [4.69, 9.17) is 9.47 Å². The number of hydrogen-bond donors (Lipinski definition) is 12. The fraction of sp³-hybridized carbons (Fsp3) is 0.429. The number of carbonyl (C=O) groups excluding carboxylic acids is 4. The highest BCUT2D eigenvalue weighted by Gasteiger charge is 2.53. The minimum atomic E-state index is -2.33. The van der Waals surface area contributed by atoms with Crippen molar-refractivity contribution in [3.05, 3.63) is 102 Å². The van der Waals surface area contributed by atoms with E-state index in [0.717, 1.165) is 5.56 Å². The first kappa shape index (κ1) is 46.3. The SMILES string of the molecule is C[C@H](/C=C/CC(=O)N(CCO)Cc1ccccc1)[C@@]1(O)C(=O)N(Cc2cccc(NC(=O)[C@H]3O[C@@H](O)[C@H](O)[C@@H](O)[C@@H]3O)c2)c2ccc(NC(=O)[C@H]3O[C@@H](O)[C@H](O)[C@@H](O)[C@@H]3O)cc21. The Morgan fingerprint density at radius 1 is 0.758 bits per heavy atom. The predicted molar refractivity (Wildman–Crippen MR) is 215 cm³/mol. The summed E-state index contributed by atoms with van der Waals surface area (Å²) in [7, 11) is 0. The second-order valence-electron chi connectivity index (χ2n) is 15.4. The molecule has 3 aromatic carbocycles. The standard InChI is InChI=1S/C42H50N4O16/c1-21(7-5-12-28(48)45(15-16-47)19-22-8-3-2-4-9-22)42(60)26-18-25(44-38(56)36-32(52)30(50)34(54)40(58)62-36)13-14-27(26)46(41(42)59)20-23-10-6-11-24(17-23)43-37(55)35-31(51)29(49)33(53)39(57)61-35/h2-11,13-14,17-18,21,29-36,39-40,47,49-54,57-58,60H,12,15-16,19-20H2,1H3,(H,43,55)(H,44,56)/b7-5+/t21-,29+,30+,31+,32+,33-,34-,35+,36+,39-,40-,42+/m1/s1. The van der Waals surface area contributed by atoms with Crippen LogP contribution in [0.4, 0.5) is 17.1 Å². The third kappa shape index (κ3) is 9.56. The molecule has 334 valence electrons. The summed E-state index contributed by atoms with van der Waals surface area (Å²) in [5.74, 6) is -4.17. The van der Waals surface area contributed by atoms with Gasteiger partial charge in [0.05, 0.1) is 18.8 Å². The van der Waals surface area contributed by atoms with Gasteiger partial charge in [0.1, 0.15) is 36.6 Å². The molecule has 20 heteroatoms. The monoisotopic (exact) mass is 866 g/mol. The smallest absolute Gasteiger partial charge is 0.264 e. The highest BCUT2D eigenvalue weighted by molar-refractivity contribution is 6.08. The molecule has 6 rings (SSSR count). The first-order valence-corrected chi connectivity index (χ1v) is 19.7. The molecule has 12 atom stereocenters. The zero-order chi connectivity index (χ0) is 45.0. The highest BCUT2D eigenvalue weighted by atomic mass is 16.6.